The van der Waals surface area contributed by atoms with Crippen LogP contribution in [-0.4, -0.2) is 16.1 Å². The molecule has 0 saturated carbocycles. The zero-order valence-corrected chi connectivity index (χ0v) is 11.3. The Morgan fingerprint density at radius 1 is 1.17 bits per heavy atom. The minimum Gasteiger partial charge on any atom is -0.296 e. The molecule has 1 heterocycles. The average Bonchev–Trinajstić information content (AvgIpc) is 2.73. The van der Waals surface area contributed by atoms with E-state index in [4.69, 9.17) is 0 Å². The zero-order valence-electron chi connectivity index (χ0n) is 11.3. The summed E-state index contributed by atoms with van der Waals surface area (Å²) in [4.78, 5) is 11.1. The molecule has 0 unspecified atom stereocenters. The van der Waals surface area contributed by atoms with Crippen molar-refractivity contribution in [3.05, 3.63) is 47.3 Å². The van der Waals surface area contributed by atoms with Crippen LogP contribution in [0, 0.1) is 6.92 Å². The molecule has 94 valence electrons. The molecule has 18 heavy (non-hydrogen) atoms. The number of aromatic nitrogens is 2. The molecular weight excluding hydrogens is 224 g/mol. The van der Waals surface area contributed by atoms with Gasteiger partial charge in [-0.1, -0.05) is 38.5 Å². The van der Waals surface area contributed by atoms with E-state index in [0.717, 1.165) is 17.7 Å². The Kier molecular flexibility index (Phi) is 3.07. The summed E-state index contributed by atoms with van der Waals surface area (Å²) in [5.41, 5.74) is 3.55. The summed E-state index contributed by atoms with van der Waals surface area (Å²) in [6.45, 7) is 8.30. The maximum absolute atomic E-state index is 11.1. The lowest BCUT2D eigenvalue weighted by Gasteiger charge is -2.14. The van der Waals surface area contributed by atoms with Gasteiger partial charge in [-0.15, -0.1) is 0 Å². The molecule has 0 fully saturated rings. The van der Waals surface area contributed by atoms with E-state index in [9.17, 15) is 4.79 Å². The van der Waals surface area contributed by atoms with Crippen LogP contribution in [0.1, 0.15) is 42.5 Å². The van der Waals surface area contributed by atoms with E-state index in [0.29, 0.717) is 5.69 Å². The third kappa shape index (κ3) is 2.35. The summed E-state index contributed by atoms with van der Waals surface area (Å²) in [5, 5.41) is 4.54. The Bertz CT molecular complexity index is 559. The van der Waals surface area contributed by atoms with Gasteiger partial charge in [-0.05, 0) is 25.1 Å². The lowest BCUT2D eigenvalue weighted by atomic mass is 9.92. The van der Waals surface area contributed by atoms with Gasteiger partial charge in [-0.3, -0.25) is 4.79 Å². The van der Waals surface area contributed by atoms with Crippen molar-refractivity contribution in [1.29, 1.82) is 0 Å². The van der Waals surface area contributed by atoms with E-state index in [1.54, 1.807) is 4.68 Å². The number of benzene rings is 1. The Hall–Kier alpha value is -1.90. The first-order valence-corrected chi connectivity index (χ1v) is 6.04. The van der Waals surface area contributed by atoms with Crippen LogP contribution in [0.3, 0.4) is 0 Å². The van der Waals surface area contributed by atoms with E-state index >= 15 is 0 Å². The summed E-state index contributed by atoms with van der Waals surface area (Å²) in [5.74, 6) is 0. The second-order valence-electron chi connectivity index (χ2n) is 5.57. The summed E-state index contributed by atoms with van der Waals surface area (Å²) in [6, 6.07) is 9.83. The smallest absolute Gasteiger partial charge is 0.168 e. The van der Waals surface area contributed by atoms with Crippen LogP contribution in [-0.2, 0) is 5.41 Å². The van der Waals surface area contributed by atoms with Crippen LogP contribution in [0.15, 0.2) is 30.3 Å². The van der Waals surface area contributed by atoms with Crippen molar-refractivity contribution in [3.8, 4) is 5.69 Å². The van der Waals surface area contributed by atoms with E-state index in [2.05, 4.69) is 25.9 Å². The Morgan fingerprint density at radius 2 is 1.78 bits per heavy atom. The van der Waals surface area contributed by atoms with Gasteiger partial charge in [0.2, 0.25) is 0 Å². The van der Waals surface area contributed by atoms with Crippen LogP contribution in [0.2, 0.25) is 0 Å². The Labute approximate surface area is 107 Å². The van der Waals surface area contributed by atoms with Gasteiger partial charge in [-0.2, -0.15) is 5.10 Å². The van der Waals surface area contributed by atoms with Gasteiger partial charge in [0.15, 0.2) is 6.29 Å². The standard InChI is InChI=1S/C15H18N2O/c1-11-5-7-12(8-6-11)17-13(10-18)9-14(16-17)15(2,3)4/h5-10H,1-4H3. The first-order valence-electron chi connectivity index (χ1n) is 6.04. The van der Waals surface area contributed by atoms with Crippen molar-refractivity contribution < 1.29 is 4.79 Å². The van der Waals surface area contributed by atoms with Gasteiger partial charge >= 0.3 is 0 Å². The normalized spacial score (nSPS) is 11.6. The molecule has 0 aliphatic heterocycles. The number of nitrogens with zero attached hydrogens (tertiary/aromatic N) is 2. The number of carbonyl (C=O) groups excluding carboxylic acids is 1. The topological polar surface area (TPSA) is 34.9 Å². The maximum atomic E-state index is 11.1. The second-order valence-corrected chi connectivity index (χ2v) is 5.57. The fourth-order valence-electron chi connectivity index (χ4n) is 1.74. The highest BCUT2D eigenvalue weighted by atomic mass is 16.1. The molecule has 0 atom stereocenters. The third-order valence-corrected chi connectivity index (χ3v) is 2.90. The number of hydrogen-bond acceptors (Lipinski definition) is 2. The van der Waals surface area contributed by atoms with E-state index < -0.39 is 0 Å². The summed E-state index contributed by atoms with van der Waals surface area (Å²) < 4.78 is 1.70. The molecule has 0 N–H and O–H groups in total. The van der Waals surface area contributed by atoms with Gasteiger partial charge in [0.1, 0.15) is 5.69 Å². The van der Waals surface area contributed by atoms with Crippen LogP contribution in [0.5, 0.6) is 0 Å². The lowest BCUT2D eigenvalue weighted by molar-refractivity contribution is 0.111. The van der Waals surface area contributed by atoms with Gasteiger partial charge < -0.3 is 0 Å². The molecular formula is C15H18N2O. The van der Waals surface area contributed by atoms with Crippen LogP contribution in [0.25, 0.3) is 5.69 Å². The van der Waals surface area contributed by atoms with Crippen molar-refractivity contribution in [2.75, 3.05) is 0 Å². The fraction of sp³-hybridized carbons (Fsp3) is 0.333. The van der Waals surface area contributed by atoms with Gasteiger partial charge in [0.05, 0.1) is 11.4 Å². The van der Waals surface area contributed by atoms with Gasteiger partial charge in [0.25, 0.3) is 0 Å². The third-order valence-electron chi connectivity index (χ3n) is 2.90. The van der Waals surface area contributed by atoms with Crippen molar-refractivity contribution in [2.24, 2.45) is 0 Å². The minimum atomic E-state index is -0.0618. The molecule has 0 aliphatic carbocycles. The molecule has 3 nitrogen and oxygen atoms in total. The van der Waals surface area contributed by atoms with Crippen LogP contribution in [0.4, 0.5) is 0 Å². The van der Waals surface area contributed by atoms with E-state index in [1.807, 2.05) is 37.3 Å². The highest BCUT2D eigenvalue weighted by Crippen LogP contribution is 2.23. The number of hydrogen-bond donors (Lipinski definition) is 0. The number of aldehydes is 1. The van der Waals surface area contributed by atoms with E-state index in [1.165, 1.54) is 5.56 Å². The molecule has 2 aromatic rings. The average molecular weight is 242 g/mol. The molecule has 1 aromatic heterocycles. The van der Waals surface area contributed by atoms with Gasteiger partial charge in [0, 0.05) is 5.41 Å². The molecule has 0 spiro atoms. The zero-order chi connectivity index (χ0) is 13.3. The van der Waals surface area contributed by atoms with Crippen molar-refractivity contribution in [2.45, 2.75) is 33.1 Å². The summed E-state index contributed by atoms with van der Waals surface area (Å²) in [6.07, 6.45) is 0.849. The largest absolute Gasteiger partial charge is 0.296 e. The van der Waals surface area contributed by atoms with Crippen molar-refractivity contribution >= 4 is 6.29 Å². The van der Waals surface area contributed by atoms with Crippen LogP contribution < -0.4 is 0 Å². The lowest BCUT2D eigenvalue weighted by Crippen LogP contribution is -2.12. The molecule has 0 aliphatic rings. The maximum Gasteiger partial charge on any atom is 0.168 e. The fourth-order valence-corrected chi connectivity index (χ4v) is 1.74. The van der Waals surface area contributed by atoms with Gasteiger partial charge in [-0.25, -0.2) is 4.68 Å². The monoisotopic (exact) mass is 242 g/mol. The first kappa shape index (κ1) is 12.6. The highest BCUT2D eigenvalue weighted by Gasteiger charge is 2.20. The summed E-state index contributed by atoms with van der Waals surface area (Å²) in [7, 11) is 0. The predicted octanol–water partition coefficient (Wildman–Crippen LogP) is 3.29. The molecule has 0 radical (unpaired) electrons. The Balaban J connectivity index is 2.53. The molecule has 0 amide bonds. The number of aryl methyl sites for hydroxylation is 1. The minimum absolute atomic E-state index is 0.0618. The molecule has 0 bridgehead atoms. The first-order chi connectivity index (χ1) is 8.41. The van der Waals surface area contributed by atoms with Crippen molar-refractivity contribution in [3.63, 3.8) is 0 Å². The highest BCUT2D eigenvalue weighted by molar-refractivity contribution is 5.73. The molecule has 2 rings (SSSR count). The van der Waals surface area contributed by atoms with E-state index in [-0.39, 0.29) is 5.41 Å². The van der Waals surface area contributed by atoms with Crippen molar-refractivity contribution in [1.82, 2.24) is 9.78 Å². The quantitative estimate of drug-likeness (QED) is 0.757. The summed E-state index contributed by atoms with van der Waals surface area (Å²) >= 11 is 0. The molecule has 0 saturated heterocycles. The second kappa shape index (κ2) is 4.41. The number of carbonyl (C=O) groups is 1. The molecule has 1 aromatic carbocycles. The molecule has 3 heteroatoms. The predicted molar refractivity (Wildman–Crippen MR) is 72.4 cm³/mol. The van der Waals surface area contributed by atoms with Crippen LogP contribution >= 0.6 is 0 Å². The Morgan fingerprint density at radius 3 is 2.28 bits per heavy atom. The number of rotatable bonds is 2. The SMILES string of the molecule is Cc1ccc(-n2nc(C(C)(C)C)cc2C=O)cc1.